The van der Waals surface area contributed by atoms with Crippen molar-refractivity contribution in [3.05, 3.63) is 44.9 Å². The van der Waals surface area contributed by atoms with Crippen LogP contribution in [0.3, 0.4) is 0 Å². The quantitative estimate of drug-likeness (QED) is 0.454. The lowest BCUT2D eigenvalue weighted by molar-refractivity contribution is -0.973. The first kappa shape index (κ1) is 11.6. The zero-order chi connectivity index (χ0) is 12.1. The molecule has 0 aliphatic heterocycles. The second kappa shape index (κ2) is 4.82. The summed E-state index contributed by atoms with van der Waals surface area (Å²) < 4.78 is 0. The second-order valence-electron chi connectivity index (χ2n) is 2.71. The Kier molecular flexibility index (Phi) is 3.49. The second-order valence-corrected chi connectivity index (χ2v) is 2.71. The van der Waals surface area contributed by atoms with Crippen molar-refractivity contribution in [3.63, 3.8) is 0 Å². The maximum Gasteiger partial charge on any atom is 0.475 e. The van der Waals surface area contributed by atoms with E-state index in [4.69, 9.17) is 5.21 Å². The molecule has 0 amide bonds. The summed E-state index contributed by atoms with van der Waals surface area (Å²) in [5.74, 6) is -0.776. The molecule has 0 saturated heterocycles. The first-order valence-electron chi connectivity index (χ1n) is 4.08. The lowest BCUT2D eigenvalue weighted by Gasteiger charge is -1.98. The summed E-state index contributed by atoms with van der Waals surface area (Å²) >= 11 is 0. The monoisotopic (exact) mass is 227 g/mol. The predicted octanol–water partition coefficient (Wildman–Crippen LogP) is 0.877. The summed E-state index contributed by atoms with van der Waals surface area (Å²) in [6, 6.07) is 5.23. The number of nitro groups is 1. The summed E-state index contributed by atoms with van der Waals surface area (Å²) in [4.78, 5) is 35.1. The first-order chi connectivity index (χ1) is 7.52. The van der Waals surface area contributed by atoms with Gasteiger partial charge in [0.1, 0.15) is 4.91 Å². The van der Waals surface area contributed by atoms with Crippen LogP contribution in [0.15, 0.2) is 24.3 Å². The number of carbonyl (C=O) groups excluding carboxylic acids is 1. The van der Waals surface area contributed by atoms with Gasteiger partial charge in [-0.2, -0.15) is 4.84 Å². The molecule has 8 nitrogen and oxygen atoms in total. The fraction of sp³-hybridized carbons (Fsp3) is 0.125. The number of para-hydroxylation sites is 1. The van der Waals surface area contributed by atoms with Gasteiger partial charge in [0.15, 0.2) is 0 Å². The maximum atomic E-state index is 11.4. The number of Topliss-reactive ketones (excluding diaryl/α,β-unsaturated/α-hetero) is 1. The van der Waals surface area contributed by atoms with E-state index in [1.807, 2.05) is 0 Å². The summed E-state index contributed by atoms with van der Waals surface area (Å²) in [5.41, 5.74) is -0.569. The van der Waals surface area contributed by atoms with Crippen molar-refractivity contribution in [1.29, 1.82) is 0 Å². The normalized spacial score (nSPS) is 9.50. The Balaban J connectivity index is 2.90. The molecule has 0 heterocycles. The minimum Gasteiger partial charge on any atom is -0.290 e. The van der Waals surface area contributed by atoms with Crippen LogP contribution in [0.2, 0.25) is 0 Å². The average Bonchev–Trinajstić information content (AvgIpc) is 2.25. The van der Waals surface area contributed by atoms with Crippen LogP contribution in [-0.4, -0.2) is 27.6 Å². The van der Waals surface area contributed by atoms with Gasteiger partial charge in [-0.25, -0.2) is 5.21 Å². The lowest BCUT2D eigenvalue weighted by Crippen LogP contribution is -2.15. The van der Waals surface area contributed by atoms with Crippen LogP contribution in [0.25, 0.3) is 0 Å². The molecule has 0 fully saturated rings. The Morgan fingerprint density at radius 3 is 2.56 bits per heavy atom. The zero-order valence-electron chi connectivity index (χ0n) is 7.90. The van der Waals surface area contributed by atoms with Crippen LogP contribution >= 0.6 is 0 Å². The molecule has 8 heteroatoms. The molecule has 16 heavy (non-hydrogen) atoms. The van der Waals surface area contributed by atoms with E-state index >= 15 is 0 Å². The van der Waals surface area contributed by atoms with E-state index in [9.17, 15) is 19.8 Å². The molecule has 0 aliphatic carbocycles. The highest BCUT2D eigenvalue weighted by atomic mass is 16.9. The largest absolute Gasteiger partial charge is 0.475 e. The Hall–Kier alpha value is -2.51. The first-order valence-corrected chi connectivity index (χ1v) is 4.08. The van der Waals surface area contributed by atoms with Gasteiger partial charge in [0.05, 0.1) is 10.5 Å². The molecular weight excluding hydrogens is 220 g/mol. The summed E-state index contributed by atoms with van der Waals surface area (Å²) in [7, 11) is 0. The van der Waals surface area contributed by atoms with Crippen molar-refractivity contribution in [2.75, 3.05) is 6.61 Å². The molecule has 0 aromatic heterocycles. The smallest absolute Gasteiger partial charge is 0.290 e. The van der Waals surface area contributed by atoms with Gasteiger partial charge in [-0.05, 0) is 6.07 Å². The van der Waals surface area contributed by atoms with Crippen LogP contribution in [0, 0.1) is 15.0 Å². The van der Waals surface area contributed by atoms with Crippen molar-refractivity contribution >= 4 is 11.5 Å². The SMILES string of the molecule is O=C(CO[N+](=O)O)c1ccccc1[N+](=O)[O-]. The van der Waals surface area contributed by atoms with E-state index in [1.165, 1.54) is 18.2 Å². The van der Waals surface area contributed by atoms with Crippen molar-refractivity contribution in [3.8, 4) is 0 Å². The average molecular weight is 227 g/mol. The minimum atomic E-state index is -0.882. The van der Waals surface area contributed by atoms with Crippen LogP contribution < -0.4 is 0 Å². The third-order valence-corrected chi connectivity index (χ3v) is 1.71. The molecule has 0 radical (unpaired) electrons. The standard InChI is InChI=1S/C8H7N2O6/c11-8(5-16-10(14)15)6-3-1-2-4-7(6)9(12)13/h1-4H,5H2,(H,14,15)/q+1. The third-order valence-electron chi connectivity index (χ3n) is 1.71. The molecule has 0 aliphatic rings. The Bertz CT molecular complexity index is 444. The van der Waals surface area contributed by atoms with Gasteiger partial charge < -0.3 is 0 Å². The number of benzene rings is 1. The molecule has 1 aromatic rings. The highest BCUT2D eigenvalue weighted by Gasteiger charge is 2.22. The van der Waals surface area contributed by atoms with Crippen LogP contribution in [0.5, 0.6) is 0 Å². The van der Waals surface area contributed by atoms with Gasteiger partial charge in [0.2, 0.25) is 12.4 Å². The van der Waals surface area contributed by atoms with Crippen molar-refractivity contribution in [2.45, 2.75) is 0 Å². The van der Waals surface area contributed by atoms with Crippen LogP contribution in [0.1, 0.15) is 10.4 Å². The summed E-state index contributed by atoms with van der Waals surface area (Å²) in [5, 5.41) is 17.8. The van der Waals surface area contributed by atoms with E-state index in [-0.39, 0.29) is 11.3 Å². The lowest BCUT2D eigenvalue weighted by atomic mass is 10.1. The number of nitro benzene ring substituents is 1. The molecule has 0 bridgehead atoms. The molecular formula is C8H7N2O6+. The number of carbonyl (C=O) groups is 1. The summed E-state index contributed by atoms with van der Waals surface area (Å²) in [6.07, 6.45) is 0. The fourth-order valence-corrected chi connectivity index (χ4v) is 1.06. The number of ketones is 1. The highest BCUT2D eigenvalue weighted by Crippen LogP contribution is 2.17. The van der Waals surface area contributed by atoms with E-state index < -0.39 is 22.4 Å². The molecule has 0 saturated carbocycles. The van der Waals surface area contributed by atoms with Crippen molar-refractivity contribution in [2.24, 2.45) is 0 Å². The Morgan fingerprint density at radius 1 is 1.38 bits per heavy atom. The predicted molar refractivity (Wildman–Crippen MR) is 48.8 cm³/mol. The minimum absolute atomic E-state index is 0.186. The molecule has 0 atom stereocenters. The maximum absolute atomic E-state index is 11.4. The highest BCUT2D eigenvalue weighted by molar-refractivity contribution is 6.00. The third kappa shape index (κ3) is 2.74. The molecule has 0 spiro atoms. The molecule has 84 valence electrons. The summed E-state index contributed by atoms with van der Waals surface area (Å²) in [6.45, 7) is -0.773. The van der Waals surface area contributed by atoms with Crippen molar-refractivity contribution < 1.29 is 24.8 Å². The van der Waals surface area contributed by atoms with Gasteiger partial charge in [0, 0.05) is 6.07 Å². The fourth-order valence-electron chi connectivity index (χ4n) is 1.06. The van der Waals surface area contributed by atoms with Gasteiger partial charge in [-0.3, -0.25) is 14.9 Å². The Labute approximate surface area is 88.7 Å². The van der Waals surface area contributed by atoms with E-state index in [1.54, 1.807) is 0 Å². The number of rotatable bonds is 5. The molecule has 1 aromatic carbocycles. The van der Waals surface area contributed by atoms with Crippen LogP contribution in [0.4, 0.5) is 5.69 Å². The zero-order valence-corrected chi connectivity index (χ0v) is 7.90. The van der Waals surface area contributed by atoms with Crippen LogP contribution in [-0.2, 0) is 4.84 Å². The molecule has 1 rings (SSSR count). The topological polar surface area (TPSA) is 110 Å². The molecule has 1 N–H and O–H groups in total. The Morgan fingerprint density at radius 2 is 2.00 bits per heavy atom. The van der Waals surface area contributed by atoms with Gasteiger partial charge >= 0.3 is 5.09 Å². The van der Waals surface area contributed by atoms with E-state index in [0.717, 1.165) is 6.07 Å². The van der Waals surface area contributed by atoms with E-state index in [2.05, 4.69) is 4.84 Å². The van der Waals surface area contributed by atoms with Gasteiger partial charge in [-0.15, -0.1) is 0 Å². The van der Waals surface area contributed by atoms with Crippen molar-refractivity contribution in [1.82, 2.24) is 0 Å². The number of nitrogens with zero attached hydrogens (tertiary/aromatic N) is 2. The van der Waals surface area contributed by atoms with Gasteiger partial charge in [-0.1, -0.05) is 12.1 Å². The van der Waals surface area contributed by atoms with E-state index in [0.29, 0.717) is 0 Å². The number of hydrogen-bond donors (Lipinski definition) is 1. The molecule has 0 unspecified atom stereocenters. The van der Waals surface area contributed by atoms with Gasteiger partial charge in [0.25, 0.3) is 5.69 Å². The number of hydrogen-bond acceptors (Lipinski definition) is 5.